The maximum Gasteiger partial charge on any atom is 0.234 e. The van der Waals surface area contributed by atoms with E-state index in [2.05, 4.69) is 5.32 Å². The van der Waals surface area contributed by atoms with Gasteiger partial charge in [0, 0.05) is 13.1 Å². The molecular formula is C14H17F3N2O3. The number of nitrogens with one attached hydrogen (secondary N) is 1. The monoisotopic (exact) mass is 318 g/mol. The topological polar surface area (TPSA) is 61.8 Å². The lowest BCUT2D eigenvalue weighted by atomic mass is 10.1. The van der Waals surface area contributed by atoms with Crippen molar-refractivity contribution in [2.45, 2.75) is 6.04 Å². The van der Waals surface area contributed by atoms with Gasteiger partial charge in [-0.05, 0) is 17.7 Å². The maximum absolute atomic E-state index is 13.2. The van der Waals surface area contributed by atoms with Crippen LogP contribution < -0.4 is 5.32 Å². The Labute approximate surface area is 125 Å². The molecule has 1 amide bonds. The van der Waals surface area contributed by atoms with Gasteiger partial charge in [-0.3, -0.25) is 9.69 Å². The highest BCUT2D eigenvalue weighted by Crippen LogP contribution is 2.19. The Kier molecular flexibility index (Phi) is 5.76. The second kappa shape index (κ2) is 7.57. The number of nitrogens with zero attached hydrogens (tertiary/aromatic N) is 1. The number of ether oxygens (including phenoxy) is 1. The Hall–Kier alpha value is -1.64. The molecule has 0 bridgehead atoms. The number of morpholine rings is 1. The van der Waals surface area contributed by atoms with Crippen LogP contribution in [0, 0.1) is 17.5 Å². The fraction of sp³-hybridized carbons (Fsp3) is 0.500. The number of hydrogen-bond acceptors (Lipinski definition) is 4. The van der Waals surface area contributed by atoms with Gasteiger partial charge in [0.25, 0.3) is 0 Å². The molecule has 1 heterocycles. The number of carbonyl (C=O) groups is 1. The number of aliphatic hydroxyl groups excluding tert-OH is 1. The highest BCUT2D eigenvalue weighted by atomic mass is 19.2. The summed E-state index contributed by atoms with van der Waals surface area (Å²) in [4.78, 5) is 13.8. The summed E-state index contributed by atoms with van der Waals surface area (Å²) in [5.41, 5.74) is -0.0331. The van der Waals surface area contributed by atoms with Crippen LogP contribution in [0.5, 0.6) is 0 Å². The normalized spacial score (nSPS) is 17.3. The van der Waals surface area contributed by atoms with Crippen LogP contribution in [0.25, 0.3) is 0 Å². The van der Waals surface area contributed by atoms with E-state index in [0.717, 1.165) is 12.1 Å². The highest BCUT2D eigenvalue weighted by molar-refractivity contribution is 5.78. The van der Waals surface area contributed by atoms with Gasteiger partial charge >= 0.3 is 0 Å². The van der Waals surface area contributed by atoms with Crippen molar-refractivity contribution in [3.8, 4) is 0 Å². The zero-order chi connectivity index (χ0) is 16.1. The molecule has 0 spiro atoms. The van der Waals surface area contributed by atoms with Crippen LogP contribution in [0.15, 0.2) is 12.1 Å². The number of amides is 1. The van der Waals surface area contributed by atoms with Crippen molar-refractivity contribution in [1.29, 1.82) is 0 Å². The minimum atomic E-state index is -1.58. The molecule has 2 rings (SSSR count). The van der Waals surface area contributed by atoms with Crippen LogP contribution in [-0.2, 0) is 9.53 Å². The lowest BCUT2D eigenvalue weighted by molar-refractivity contribution is -0.124. The first-order valence-corrected chi connectivity index (χ1v) is 6.86. The average molecular weight is 318 g/mol. The summed E-state index contributed by atoms with van der Waals surface area (Å²) in [6, 6.07) is 0.515. The fourth-order valence-electron chi connectivity index (χ4n) is 2.21. The molecule has 5 nitrogen and oxygen atoms in total. The molecule has 1 aromatic rings. The van der Waals surface area contributed by atoms with Crippen molar-refractivity contribution in [3.63, 3.8) is 0 Å². The molecule has 8 heteroatoms. The quantitative estimate of drug-likeness (QED) is 0.780. The molecule has 1 fully saturated rings. The average Bonchev–Trinajstić information content (AvgIpc) is 2.50. The lowest BCUT2D eigenvalue weighted by Crippen LogP contribution is -2.44. The van der Waals surface area contributed by atoms with Crippen molar-refractivity contribution < 1.29 is 27.8 Å². The van der Waals surface area contributed by atoms with E-state index >= 15 is 0 Å². The number of rotatable bonds is 5. The molecule has 1 unspecified atom stereocenters. The van der Waals surface area contributed by atoms with Gasteiger partial charge in [-0.15, -0.1) is 0 Å². The summed E-state index contributed by atoms with van der Waals surface area (Å²) in [6.45, 7) is 1.82. The predicted molar refractivity (Wildman–Crippen MR) is 71.5 cm³/mol. The van der Waals surface area contributed by atoms with E-state index in [1.54, 1.807) is 0 Å². The molecule has 1 saturated heterocycles. The van der Waals surface area contributed by atoms with Crippen LogP contribution >= 0.6 is 0 Å². The fourth-order valence-corrected chi connectivity index (χ4v) is 2.21. The molecular weight excluding hydrogens is 301 g/mol. The maximum atomic E-state index is 13.2. The minimum Gasteiger partial charge on any atom is -0.394 e. The molecule has 0 aromatic heterocycles. The number of hydrogen-bond donors (Lipinski definition) is 2. The highest BCUT2D eigenvalue weighted by Gasteiger charge is 2.20. The molecule has 1 aliphatic rings. The molecule has 0 radical (unpaired) electrons. The van der Waals surface area contributed by atoms with Crippen LogP contribution in [0.2, 0.25) is 0 Å². The smallest absolute Gasteiger partial charge is 0.234 e. The van der Waals surface area contributed by atoms with Crippen molar-refractivity contribution >= 4 is 5.91 Å². The van der Waals surface area contributed by atoms with Gasteiger partial charge in [0.05, 0.1) is 32.4 Å². The SMILES string of the molecule is O=C(CN1CCOCC1)NC(CO)c1cc(F)c(F)c(F)c1. The van der Waals surface area contributed by atoms with Crippen LogP contribution in [0.4, 0.5) is 13.2 Å². The second-order valence-electron chi connectivity index (χ2n) is 4.99. The minimum absolute atomic E-state index is 0.0331. The molecule has 1 aromatic carbocycles. The summed E-state index contributed by atoms with van der Waals surface area (Å²) in [5, 5.41) is 11.8. The van der Waals surface area contributed by atoms with E-state index in [4.69, 9.17) is 4.74 Å². The molecule has 1 aliphatic heterocycles. The largest absolute Gasteiger partial charge is 0.394 e. The first kappa shape index (κ1) is 16.7. The zero-order valence-electron chi connectivity index (χ0n) is 11.8. The van der Waals surface area contributed by atoms with Gasteiger partial charge in [0.1, 0.15) is 0 Å². The van der Waals surface area contributed by atoms with E-state index in [9.17, 15) is 23.1 Å². The van der Waals surface area contributed by atoms with E-state index in [1.807, 2.05) is 4.90 Å². The molecule has 22 heavy (non-hydrogen) atoms. The lowest BCUT2D eigenvalue weighted by Gasteiger charge is -2.27. The van der Waals surface area contributed by atoms with E-state index < -0.39 is 36.0 Å². The number of halogens is 3. The third-order valence-electron chi connectivity index (χ3n) is 3.40. The summed E-state index contributed by atoms with van der Waals surface area (Å²) in [5.74, 6) is -4.71. The number of carbonyl (C=O) groups excluding carboxylic acids is 1. The molecule has 0 aliphatic carbocycles. The van der Waals surface area contributed by atoms with E-state index in [1.165, 1.54) is 0 Å². The summed E-state index contributed by atoms with van der Waals surface area (Å²) in [6.07, 6.45) is 0. The molecule has 2 N–H and O–H groups in total. The molecule has 122 valence electrons. The van der Waals surface area contributed by atoms with Crippen LogP contribution in [0.1, 0.15) is 11.6 Å². The Morgan fingerprint density at radius 2 is 1.86 bits per heavy atom. The van der Waals surface area contributed by atoms with Gasteiger partial charge in [0.2, 0.25) is 5.91 Å². The van der Waals surface area contributed by atoms with Gasteiger partial charge in [-0.2, -0.15) is 0 Å². The second-order valence-corrected chi connectivity index (χ2v) is 4.99. The summed E-state index contributed by atoms with van der Waals surface area (Å²) < 4.78 is 44.5. The van der Waals surface area contributed by atoms with Crippen LogP contribution in [0.3, 0.4) is 0 Å². The van der Waals surface area contributed by atoms with Gasteiger partial charge in [0.15, 0.2) is 17.5 Å². The van der Waals surface area contributed by atoms with E-state index in [-0.39, 0.29) is 12.1 Å². The number of aliphatic hydroxyl groups is 1. The van der Waals surface area contributed by atoms with Gasteiger partial charge in [-0.25, -0.2) is 13.2 Å². The third kappa shape index (κ3) is 4.19. The first-order chi connectivity index (χ1) is 10.5. The van der Waals surface area contributed by atoms with Gasteiger partial charge < -0.3 is 15.2 Å². The first-order valence-electron chi connectivity index (χ1n) is 6.86. The Morgan fingerprint density at radius 1 is 1.27 bits per heavy atom. The summed E-state index contributed by atoms with van der Waals surface area (Å²) >= 11 is 0. The Morgan fingerprint density at radius 3 is 2.41 bits per heavy atom. The predicted octanol–water partition coefficient (Wildman–Crippen LogP) is 0.586. The molecule has 1 atom stereocenters. The zero-order valence-corrected chi connectivity index (χ0v) is 11.8. The van der Waals surface area contributed by atoms with Crippen LogP contribution in [-0.4, -0.2) is 55.4 Å². The van der Waals surface area contributed by atoms with Gasteiger partial charge in [-0.1, -0.05) is 0 Å². The summed E-state index contributed by atoms with van der Waals surface area (Å²) in [7, 11) is 0. The van der Waals surface area contributed by atoms with E-state index in [0.29, 0.717) is 26.3 Å². The molecule has 0 saturated carbocycles. The van der Waals surface area contributed by atoms with Crippen molar-refractivity contribution in [2.24, 2.45) is 0 Å². The third-order valence-corrected chi connectivity index (χ3v) is 3.40. The van der Waals surface area contributed by atoms with Crippen molar-refractivity contribution in [2.75, 3.05) is 39.5 Å². The Bertz CT molecular complexity index is 513. The van der Waals surface area contributed by atoms with Crippen molar-refractivity contribution in [3.05, 3.63) is 35.1 Å². The Balaban J connectivity index is 2.00. The standard InChI is InChI=1S/C14H17F3N2O3/c15-10-5-9(6-11(16)14(10)17)12(8-20)18-13(21)7-19-1-3-22-4-2-19/h5-6,12,20H,1-4,7-8H2,(H,18,21). The number of benzene rings is 1. The van der Waals surface area contributed by atoms with Crippen molar-refractivity contribution in [1.82, 2.24) is 10.2 Å².